The third kappa shape index (κ3) is 38.4. The van der Waals surface area contributed by atoms with E-state index >= 15 is 0 Å². The summed E-state index contributed by atoms with van der Waals surface area (Å²) in [5.74, 6) is -1.27. The van der Waals surface area contributed by atoms with E-state index in [0.29, 0.717) is 6.42 Å². The molecular formula is C38H73KNO4. The Kier molecular flexibility index (Phi) is 41.5. The van der Waals surface area contributed by atoms with Crippen LogP contribution in [-0.2, 0) is 19.1 Å². The minimum atomic E-state index is -0.657. The number of carbonyl (C=O) groups is 3. The first kappa shape index (κ1) is 46.4. The van der Waals surface area contributed by atoms with E-state index in [4.69, 9.17) is 4.74 Å². The van der Waals surface area contributed by atoms with Gasteiger partial charge in [-0.1, -0.05) is 194 Å². The van der Waals surface area contributed by atoms with Crippen LogP contribution in [0.25, 0.3) is 0 Å². The Bertz CT molecular complexity index is 628. The van der Waals surface area contributed by atoms with E-state index in [1.165, 1.54) is 161 Å². The van der Waals surface area contributed by atoms with Gasteiger partial charge >= 0.3 is 11.9 Å². The van der Waals surface area contributed by atoms with Crippen molar-refractivity contribution in [3.8, 4) is 0 Å². The van der Waals surface area contributed by atoms with Crippen LogP contribution in [-0.4, -0.2) is 75.8 Å². The molecule has 0 saturated carbocycles. The maximum Gasteiger partial charge on any atom is 0.333 e. The third-order valence-corrected chi connectivity index (χ3v) is 8.65. The Morgan fingerprint density at radius 2 is 0.659 bits per heavy atom. The van der Waals surface area contributed by atoms with Gasteiger partial charge in [0.25, 0.3) is 0 Å². The van der Waals surface area contributed by atoms with E-state index in [-0.39, 0.29) is 70.3 Å². The van der Waals surface area contributed by atoms with Crippen LogP contribution < -0.4 is 5.32 Å². The van der Waals surface area contributed by atoms with Crippen molar-refractivity contribution in [3.05, 3.63) is 0 Å². The second-order valence-electron chi connectivity index (χ2n) is 13.0. The summed E-state index contributed by atoms with van der Waals surface area (Å²) in [5.41, 5.74) is 0. The Labute approximate surface area is 316 Å². The molecule has 1 radical (unpaired) electrons. The maximum atomic E-state index is 12.0. The second kappa shape index (κ2) is 39.4. The molecule has 0 aliphatic carbocycles. The molecule has 44 heavy (non-hydrogen) atoms. The summed E-state index contributed by atoms with van der Waals surface area (Å²) in [7, 11) is 0. The van der Waals surface area contributed by atoms with Crippen LogP contribution in [0, 0.1) is 0 Å². The Hall–Kier alpha value is 0.246. The molecule has 0 aliphatic rings. The molecule has 0 bridgehead atoms. The van der Waals surface area contributed by atoms with E-state index in [1.54, 1.807) is 0 Å². The summed E-state index contributed by atoms with van der Waals surface area (Å²) < 4.78 is 4.86. The van der Waals surface area contributed by atoms with Gasteiger partial charge in [0.2, 0.25) is 5.91 Å². The van der Waals surface area contributed by atoms with Crippen molar-refractivity contribution in [2.45, 2.75) is 219 Å². The zero-order valence-electron chi connectivity index (χ0n) is 30.0. The number of unbranched alkanes of at least 4 members (excludes halogenated alkanes) is 28. The number of nitrogens with one attached hydrogen (secondary N) is 1. The summed E-state index contributed by atoms with van der Waals surface area (Å²) in [6.45, 7) is 4.32. The monoisotopic (exact) mass is 647 g/mol. The molecule has 5 nitrogen and oxygen atoms in total. The molecule has 0 aromatic heterocycles. The first-order valence-corrected chi connectivity index (χ1v) is 19.1. The Morgan fingerprint density at radius 3 is 0.977 bits per heavy atom. The fraction of sp³-hybridized carbons (Fsp3) is 0.921. The van der Waals surface area contributed by atoms with Gasteiger partial charge in [0.15, 0.2) is 0 Å². The molecule has 0 aromatic rings. The van der Waals surface area contributed by atoms with Gasteiger partial charge in [-0.05, 0) is 12.8 Å². The van der Waals surface area contributed by atoms with Crippen LogP contribution in [0.15, 0.2) is 0 Å². The number of rotatable bonds is 34. The van der Waals surface area contributed by atoms with Crippen molar-refractivity contribution in [2.75, 3.05) is 6.54 Å². The standard InChI is InChI=1S/C38H73NO4.K/c1-3-5-7-9-11-13-15-17-19-21-23-25-27-29-31-33-36(40)39-35-38(42)43-37(41)34-32-30-28-26-24-22-20-18-16-14-12-10-8-6-4-2;/h3-35H2,1-2H3,(H,39,40);. The molecule has 0 aromatic carbocycles. The van der Waals surface area contributed by atoms with Gasteiger partial charge in [-0.3, -0.25) is 9.59 Å². The molecule has 0 rings (SSSR count). The summed E-state index contributed by atoms with van der Waals surface area (Å²) in [6, 6.07) is 0. The summed E-state index contributed by atoms with van der Waals surface area (Å²) in [5, 5.41) is 2.59. The molecule has 0 spiro atoms. The predicted molar refractivity (Wildman–Crippen MR) is 189 cm³/mol. The molecule has 0 heterocycles. The van der Waals surface area contributed by atoms with Crippen LogP contribution >= 0.6 is 0 Å². The molecule has 1 N–H and O–H groups in total. The molecular weight excluding hydrogens is 574 g/mol. The molecule has 0 unspecified atom stereocenters. The first-order valence-electron chi connectivity index (χ1n) is 19.1. The van der Waals surface area contributed by atoms with Gasteiger partial charge in [-0.15, -0.1) is 0 Å². The fourth-order valence-corrected chi connectivity index (χ4v) is 5.77. The van der Waals surface area contributed by atoms with Crippen molar-refractivity contribution < 1.29 is 19.1 Å². The Morgan fingerprint density at radius 1 is 0.386 bits per heavy atom. The molecule has 0 saturated heterocycles. The van der Waals surface area contributed by atoms with Crippen LogP contribution in [0.5, 0.6) is 0 Å². The number of hydrogen-bond acceptors (Lipinski definition) is 4. The van der Waals surface area contributed by atoms with E-state index < -0.39 is 11.9 Å². The number of carbonyl (C=O) groups excluding carboxylic acids is 3. The molecule has 255 valence electrons. The van der Waals surface area contributed by atoms with Crippen LogP contribution in [0.1, 0.15) is 219 Å². The second-order valence-corrected chi connectivity index (χ2v) is 13.0. The number of ether oxygens (including phenoxy) is 1. The summed E-state index contributed by atoms with van der Waals surface area (Å²) in [4.78, 5) is 35.8. The first-order chi connectivity index (χ1) is 21.1. The molecule has 0 atom stereocenters. The smallest absolute Gasteiger partial charge is 0.333 e. The quantitative estimate of drug-likeness (QED) is 0.0327. The molecule has 0 aliphatic heterocycles. The number of hydrogen-bond donors (Lipinski definition) is 1. The van der Waals surface area contributed by atoms with Gasteiger partial charge in [0.05, 0.1) is 0 Å². The van der Waals surface area contributed by atoms with Gasteiger partial charge in [-0.2, -0.15) is 0 Å². The zero-order chi connectivity index (χ0) is 31.5. The fourth-order valence-electron chi connectivity index (χ4n) is 5.77. The number of amides is 1. The van der Waals surface area contributed by atoms with Crippen molar-refractivity contribution in [1.82, 2.24) is 5.32 Å². The van der Waals surface area contributed by atoms with Gasteiger partial charge in [0, 0.05) is 64.2 Å². The van der Waals surface area contributed by atoms with Gasteiger partial charge in [-0.25, -0.2) is 4.79 Å². The largest absolute Gasteiger partial charge is 0.392 e. The summed E-state index contributed by atoms with van der Waals surface area (Å²) >= 11 is 0. The van der Waals surface area contributed by atoms with E-state index in [0.717, 1.165) is 32.1 Å². The number of esters is 2. The van der Waals surface area contributed by atoms with Crippen molar-refractivity contribution in [3.63, 3.8) is 0 Å². The predicted octanol–water partition coefficient (Wildman–Crippen LogP) is 11.3. The van der Waals surface area contributed by atoms with Crippen LogP contribution in [0.2, 0.25) is 0 Å². The minimum Gasteiger partial charge on any atom is -0.392 e. The SMILES string of the molecule is CCCCCCCCCCCCCCCCCC(=O)NCC(=O)OC(=O)CCCCCCCCCCCCCCCCC.[K]. The van der Waals surface area contributed by atoms with Crippen molar-refractivity contribution >= 4 is 69.2 Å². The van der Waals surface area contributed by atoms with Crippen LogP contribution in [0.4, 0.5) is 0 Å². The van der Waals surface area contributed by atoms with Gasteiger partial charge in [0.1, 0.15) is 6.54 Å². The third-order valence-electron chi connectivity index (χ3n) is 8.65. The van der Waals surface area contributed by atoms with E-state index in [1.807, 2.05) is 0 Å². The van der Waals surface area contributed by atoms with Crippen molar-refractivity contribution in [2.24, 2.45) is 0 Å². The minimum absolute atomic E-state index is 0. The van der Waals surface area contributed by atoms with Crippen molar-refractivity contribution in [1.29, 1.82) is 0 Å². The average molecular weight is 647 g/mol. The molecule has 0 fully saturated rings. The Balaban J connectivity index is 0. The summed E-state index contributed by atoms with van der Waals surface area (Å²) in [6.07, 6.45) is 39.2. The molecule has 6 heteroatoms. The van der Waals surface area contributed by atoms with E-state index in [2.05, 4.69) is 19.2 Å². The zero-order valence-corrected chi connectivity index (χ0v) is 33.1. The maximum absolute atomic E-state index is 12.0. The van der Waals surface area contributed by atoms with Gasteiger partial charge < -0.3 is 10.1 Å². The topological polar surface area (TPSA) is 72.5 Å². The molecule has 1 amide bonds. The van der Waals surface area contributed by atoms with E-state index in [9.17, 15) is 14.4 Å². The van der Waals surface area contributed by atoms with Crippen LogP contribution in [0.3, 0.4) is 0 Å². The average Bonchev–Trinajstić information content (AvgIpc) is 3.00. The normalized spacial score (nSPS) is 10.9.